The maximum atomic E-state index is 17.6. The second kappa shape index (κ2) is 13.0. The van der Waals surface area contributed by atoms with Crippen LogP contribution in [0.15, 0.2) is 48.1 Å². The first-order chi connectivity index (χ1) is 23.4. The number of carbonyl (C=O) groups excluding carboxylic acids is 4. The van der Waals surface area contributed by atoms with Gasteiger partial charge in [-0.1, -0.05) is 42.8 Å². The van der Waals surface area contributed by atoms with E-state index in [9.17, 15) is 24.3 Å². The number of halogens is 1. The van der Waals surface area contributed by atoms with Gasteiger partial charge >= 0.3 is 11.9 Å². The number of nitrogens with zero attached hydrogens (tertiary/aromatic N) is 1. The number of hydrogen-bond acceptors (Lipinski definition) is 13. The van der Waals surface area contributed by atoms with Crippen LogP contribution in [0.25, 0.3) is 0 Å². The van der Waals surface area contributed by atoms with E-state index in [1.807, 2.05) is 6.92 Å². The molecule has 0 radical (unpaired) electrons. The molecule has 0 aromatic heterocycles. The number of rotatable bonds is 11. The normalized spacial score (nSPS) is 36.6. The Kier molecular flexibility index (Phi) is 9.47. The number of fused-ring (bicyclic) bond motifs is 7. The van der Waals surface area contributed by atoms with Gasteiger partial charge in [-0.25, -0.2) is 9.23 Å². The molecule has 5 aliphatic rings. The van der Waals surface area contributed by atoms with E-state index in [2.05, 4.69) is 4.84 Å². The summed E-state index contributed by atoms with van der Waals surface area (Å²) < 4.78 is 40.9. The first-order valence-corrected chi connectivity index (χ1v) is 16.9. The fourth-order valence-electron chi connectivity index (χ4n) is 9.44. The van der Waals surface area contributed by atoms with Crippen molar-refractivity contribution in [3.63, 3.8) is 0 Å². The van der Waals surface area contributed by atoms with Gasteiger partial charge in [0.1, 0.15) is 6.61 Å². The Balaban J connectivity index is 1.09. The number of ether oxygens (including phenoxy) is 4. The molecule has 3 saturated carbocycles. The van der Waals surface area contributed by atoms with Gasteiger partial charge in [0.15, 0.2) is 29.4 Å². The van der Waals surface area contributed by atoms with Gasteiger partial charge < -0.3 is 24.1 Å². The second-order valence-corrected chi connectivity index (χ2v) is 14.9. The number of allylic oxidation sites excluding steroid dienone is 4. The maximum absolute atomic E-state index is 17.6. The molecule has 0 amide bonds. The van der Waals surface area contributed by atoms with Crippen molar-refractivity contribution in [3.05, 3.63) is 59.2 Å². The van der Waals surface area contributed by atoms with Crippen LogP contribution < -0.4 is 0 Å². The van der Waals surface area contributed by atoms with Crippen molar-refractivity contribution in [3.8, 4) is 0 Å². The number of esters is 2. The van der Waals surface area contributed by atoms with Crippen molar-refractivity contribution in [1.29, 1.82) is 0 Å². The molecule has 0 bridgehead atoms. The molecule has 13 nitrogen and oxygen atoms in total. The van der Waals surface area contributed by atoms with Crippen molar-refractivity contribution in [2.45, 2.75) is 109 Å². The van der Waals surface area contributed by atoms with Gasteiger partial charge in [0.2, 0.25) is 5.78 Å². The number of hydrogen-bond donors (Lipinski definition) is 3. The molecule has 50 heavy (non-hydrogen) atoms. The van der Waals surface area contributed by atoms with E-state index in [0.717, 1.165) is 0 Å². The van der Waals surface area contributed by atoms with E-state index in [1.165, 1.54) is 12.2 Å². The summed E-state index contributed by atoms with van der Waals surface area (Å²) in [4.78, 5) is 56.0. The van der Waals surface area contributed by atoms with Crippen molar-refractivity contribution in [2.75, 3.05) is 6.61 Å². The molecule has 0 spiro atoms. The molecule has 14 heteroatoms. The molecule has 272 valence electrons. The Bertz CT molecular complexity index is 1610. The molecule has 1 aromatic rings. The molecular weight excluding hydrogens is 657 g/mol. The average Bonchev–Trinajstić information content (AvgIpc) is 3.47. The summed E-state index contributed by atoms with van der Waals surface area (Å²) in [5, 5.41) is 28.6. The topological polar surface area (TPSA) is 178 Å². The smallest absolute Gasteiger partial charge is 0.306 e. The molecular formula is C36H44FNO12. The highest BCUT2D eigenvalue weighted by Gasteiger charge is 2.80. The summed E-state index contributed by atoms with van der Waals surface area (Å²) in [5.74, 6) is -4.48. The van der Waals surface area contributed by atoms with Crippen LogP contribution in [-0.4, -0.2) is 80.3 Å². The number of ketones is 2. The number of aliphatic hydroxyl groups excluding tert-OH is 1. The standard InChI is InChI=1S/C36H44FNO12/c1-32(2)49-29-16-26-25-10-9-23-15-24(39)13-14-33(23,3)35(25,37)27(40)17-34(26,4)36(29,50-32)28(41)20-47-31(43)12-11-30(42)46-18-21-5-7-22(8-6-21)19-48-38(44)45/h5-8,13-15,25-27,29,40,44-45H,9-12,16-20H2,1-4H3/t25?,26-,27-,29+,33-,34-,35-,36+/m0/s1. The lowest BCUT2D eigenvalue weighted by Gasteiger charge is -2.62. The fraction of sp³-hybridized carbons (Fsp3) is 0.611. The molecule has 8 atom stereocenters. The molecule has 3 N–H and O–H groups in total. The van der Waals surface area contributed by atoms with Crippen LogP contribution in [0.4, 0.5) is 4.39 Å². The molecule has 1 unspecified atom stereocenters. The third-order valence-corrected chi connectivity index (χ3v) is 11.7. The Morgan fingerprint density at radius 2 is 1.62 bits per heavy atom. The molecule has 4 fully saturated rings. The molecule has 1 saturated heterocycles. The number of aliphatic hydroxyl groups is 1. The molecule has 1 aromatic carbocycles. The Morgan fingerprint density at radius 3 is 2.28 bits per heavy atom. The lowest BCUT2D eigenvalue weighted by atomic mass is 9.44. The van der Waals surface area contributed by atoms with Gasteiger partial charge in [0.05, 0.1) is 37.0 Å². The minimum absolute atomic E-state index is 0.0609. The minimum Gasteiger partial charge on any atom is -0.461 e. The van der Waals surface area contributed by atoms with Gasteiger partial charge in [-0.15, -0.1) is 0 Å². The van der Waals surface area contributed by atoms with Crippen LogP contribution in [0.5, 0.6) is 0 Å². The first kappa shape index (κ1) is 36.4. The first-order valence-electron chi connectivity index (χ1n) is 16.9. The number of Topliss-reactive ketones (excluding diaryl/α,β-unsaturated/α-hetero) is 1. The lowest BCUT2D eigenvalue weighted by molar-refractivity contribution is -0.497. The number of carbonyl (C=O) groups is 4. The third kappa shape index (κ3) is 5.94. The zero-order chi connectivity index (χ0) is 36.3. The molecule has 1 heterocycles. The van der Waals surface area contributed by atoms with Crippen molar-refractivity contribution in [1.82, 2.24) is 5.39 Å². The molecule has 4 aliphatic carbocycles. The summed E-state index contributed by atoms with van der Waals surface area (Å²) >= 11 is 0. The Labute approximate surface area is 288 Å². The van der Waals surface area contributed by atoms with Crippen molar-refractivity contribution < 1.29 is 62.9 Å². The summed E-state index contributed by atoms with van der Waals surface area (Å²) in [6.45, 7) is 6.10. The summed E-state index contributed by atoms with van der Waals surface area (Å²) in [6, 6.07) is 6.64. The van der Waals surface area contributed by atoms with E-state index in [4.69, 9.17) is 29.4 Å². The van der Waals surface area contributed by atoms with E-state index >= 15 is 4.39 Å². The molecule has 1 aliphatic heterocycles. The predicted octanol–water partition coefficient (Wildman–Crippen LogP) is 4.01. The van der Waals surface area contributed by atoms with E-state index in [-0.39, 0.29) is 38.3 Å². The van der Waals surface area contributed by atoms with Crippen LogP contribution in [0.1, 0.15) is 77.3 Å². The number of benzene rings is 1. The van der Waals surface area contributed by atoms with Crippen LogP contribution in [0.3, 0.4) is 0 Å². The largest absolute Gasteiger partial charge is 0.461 e. The van der Waals surface area contributed by atoms with Crippen LogP contribution in [0, 0.1) is 22.7 Å². The van der Waals surface area contributed by atoms with E-state index < -0.39 is 81.6 Å². The summed E-state index contributed by atoms with van der Waals surface area (Å²) in [6.07, 6.45) is 2.53. The summed E-state index contributed by atoms with van der Waals surface area (Å²) in [7, 11) is 0. The highest BCUT2D eigenvalue weighted by molar-refractivity contribution is 6.01. The summed E-state index contributed by atoms with van der Waals surface area (Å²) in [5.41, 5.74) is -4.05. The second-order valence-electron chi connectivity index (χ2n) is 14.9. The van der Waals surface area contributed by atoms with Crippen molar-refractivity contribution >= 4 is 23.5 Å². The van der Waals surface area contributed by atoms with Crippen LogP contribution in [0.2, 0.25) is 0 Å². The zero-order valence-corrected chi connectivity index (χ0v) is 28.6. The van der Waals surface area contributed by atoms with Crippen molar-refractivity contribution in [2.24, 2.45) is 22.7 Å². The zero-order valence-electron chi connectivity index (χ0n) is 28.6. The number of alkyl halides is 1. The highest BCUT2D eigenvalue weighted by Crippen LogP contribution is 2.72. The lowest BCUT2D eigenvalue weighted by Crippen LogP contribution is -2.70. The SMILES string of the molecule is CC1(C)O[C@@H]2C[C@H]3C4CCC5=CC(=O)C=C[C@]5(C)[C@@]4(F)[C@@H](O)C[C@]3(C)[C@]2(C(=O)COC(=O)CCC(=O)OCc2ccc(CON(O)O)cc2)O1. The quantitative estimate of drug-likeness (QED) is 0.223. The molecule has 6 rings (SSSR count). The van der Waals surface area contributed by atoms with Gasteiger partial charge in [-0.3, -0.25) is 29.6 Å². The minimum atomic E-state index is -2.10. The maximum Gasteiger partial charge on any atom is 0.306 e. The Hall–Kier alpha value is -3.37. The van der Waals surface area contributed by atoms with Crippen LogP contribution in [-0.2, 0) is 56.2 Å². The monoisotopic (exact) mass is 701 g/mol. The van der Waals surface area contributed by atoms with E-state index in [1.54, 1.807) is 51.1 Å². The Morgan fingerprint density at radius 1 is 0.980 bits per heavy atom. The fourth-order valence-corrected chi connectivity index (χ4v) is 9.44. The third-order valence-electron chi connectivity index (χ3n) is 11.7. The van der Waals surface area contributed by atoms with Gasteiger partial charge in [0.25, 0.3) is 0 Å². The van der Waals surface area contributed by atoms with Gasteiger partial charge in [-0.05, 0) is 75.7 Å². The predicted molar refractivity (Wildman–Crippen MR) is 168 cm³/mol. The van der Waals surface area contributed by atoms with Gasteiger partial charge in [-0.2, -0.15) is 0 Å². The van der Waals surface area contributed by atoms with Gasteiger partial charge in [0, 0.05) is 16.7 Å². The van der Waals surface area contributed by atoms with E-state index in [0.29, 0.717) is 36.0 Å². The average molecular weight is 702 g/mol. The highest BCUT2D eigenvalue weighted by atomic mass is 19.1. The van der Waals surface area contributed by atoms with Crippen LogP contribution >= 0.6 is 0 Å².